The number of carbonyl (C=O) groups excluding carboxylic acids is 3. The van der Waals surface area contributed by atoms with Crippen LogP contribution in [-0.4, -0.2) is 59.7 Å². The molecule has 2 aromatic rings. The molecule has 6 heteroatoms. The van der Waals surface area contributed by atoms with Gasteiger partial charge in [0.2, 0.25) is 5.91 Å². The van der Waals surface area contributed by atoms with Crippen LogP contribution in [0.15, 0.2) is 48.5 Å². The SMILES string of the molecule is Cc1ccc(C(=O)CCC(=O)N2CCN(C(=O)C(C)Oc3ccc(C(C)C)cc3)CC2)cc1. The number of amides is 2. The minimum Gasteiger partial charge on any atom is -0.481 e. The molecule has 0 bridgehead atoms. The van der Waals surface area contributed by atoms with Gasteiger partial charge in [-0.05, 0) is 37.5 Å². The van der Waals surface area contributed by atoms with Gasteiger partial charge in [0.25, 0.3) is 5.91 Å². The van der Waals surface area contributed by atoms with Crippen LogP contribution in [0.2, 0.25) is 0 Å². The normalized spacial score (nSPS) is 14.8. The number of aryl methyl sites for hydroxylation is 1. The van der Waals surface area contributed by atoms with Gasteiger partial charge in [-0.3, -0.25) is 14.4 Å². The number of hydrogen-bond acceptors (Lipinski definition) is 4. The highest BCUT2D eigenvalue weighted by molar-refractivity contribution is 5.98. The topological polar surface area (TPSA) is 66.9 Å². The van der Waals surface area contributed by atoms with Crippen LogP contribution in [0.4, 0.5) is 0 Å². The summed E-state index contributed by atoms with van der Waals surface area (Å²) in [6.07, 6.45) is -0.210. The van der Waals surface area contributed by atoms with Gasteiger partial charge in [0.1, 0.15) is 5.75 Å². The molecule has 3 rings (SSSR count). The van der Waals surface area contributed by atoms with Gasteiger partial charge in [-0.15, -0.1) is 0 Å². The van der Waals surface area contributed by atoms with Crippen LogP contribution in [0, 0.1) is 6.92 Å². The molecule has 0 spiro atoms. The fourth-order valence-corrected chi connectivity index (χ4v) is 3.88. The predicted molar refractivity (Wildman–Crippen MR) is 129 cm³/mol. The summed E-state index contributed by atoms with van der Waals surface area (Å²) < 4.78 is 5.84. The number of rotatable bonds is 8. The molecule has 0 aliphatic carbocycles. The summed E-state index contributed by atoms with van der Waals surface area (Å²) in [5.74, 6) is 0.969. The summed E-state index contributed by atoms with van der Waals surface area (Å²) in [7, 11) is 0. The number of Topliss-reactive ketones (excluding diaryl/α,β-unsaturated/α-hetero) is 1. The number of nitrogens with zero attached hydrogens (tertiary/aromatic N) is 2. The van der Waals surface area contributed by atoms with Crippen LogP contribution < -0.4 is 4.74 Å². The van der Waals surface area contributed by atoms with Crippen molar-refractivity contribution in [2.75, 3.05) is 26.2 Å². The van der Waals surface area contributed by atoms with E-state index in [-0.39, 0.29) is 30.4 Å². The largest absolute Gasteiger partial charge is 0.481 e. The third-order valence-corrected chi connectivity index (χ3v) is 6.09. The number of ketones is 1. The van der Waals surface area contributed by atoms with E-state index in [0.29, 0.717) is 43.4 Å². The van der Waals surface area contributed by atoms with E-state index in [2.05, 4.69) is 13.8 Å². The number of piperazine rings is 1. The Morgan fingerprint density at radius 3 is 1.97 bits per heavy atom. The van der Waals surface area contributed by atoms with Crippen LogP contribution in [0.1, 0.15) is 61.0 Å². The summed E-state index contributed by atoms with van der Waals surface area (Å²) in [6.45, 7) is 9.87. The van der Waals surface area contributed by atoms with Crippen LogP contribution in [0.25, 0.3) is 0 Å². The third kappa shape index (κ3) is 6.67. The fraction of sp³-hybridized carbons (Fsp3) is 0.444. The smallest absolute Gasteiger partial charge is 0.263 e. The Bertz CT molecular complexity index is 959. The van der Waals surface area contributed by atoms with Crippen molar-refractivity contribution in [1.82, 2.24) is 9.80 Å². The van der Waals surface area contributed by atoms with Gasteiger partial charge >= 0.3 is 0 Å². The lowest BCUT2D eigenvalue weighted by Gasteiger charge is -2.36. The predicted octanol–water partition coefficient (Wildman–Crippen LogP) is 4.22. The molecule has 2 aromatic carbocycles. The maximum atomic E-state index is 12.8. The number of benzene rings is 2. The zero-order chi connectivity index (χ0) is 24.0. The minimum atomic E-state index is -0.593. The lowest BCUT2D eigenvalue weighted by molar-refractivity contribution is -0.143. The average Bonchev–Trinajstić information content (AvgIpc) is 2.82. The molecule has 1 aliphatic heterocycles. The highest BCUT2D eigenvalue weighted by Crippen LogP contribution is 2.20. The first-order chi connectivity index (χ1) is 15.7. The quantitative estimate of drug-likeness (QED) is 0.565. The summed E-state index contributed by atoms with van der Waals surface area (Å²) >= 11 is 0. The van der Waals surface area contributed by atoms with Gasteiger partial charge in [0.05, 0.1) is 0 Å². The Morgan fingerprint density at radius 2 is 1.39 bits per heavy atom. The molecule has 0 saturated carbocycles. The van der Waals surface area contributed by atoms with Gasteiger partial charge in [0, 0.05) is 44.6 Å². The molecule has 2 amide bonds. The summed E-state index contributed by atoms with van der Waals surface area (Å²) in [5.41, 5.74) is 2.96. The molecule has 0 N–H and O–H groups in total. The van der Waals surface area contributed by atoms with Crippen molar-refractivity contribution in [3.63, 3.8) is 0 Å². The summed E-state index contributed by atoms with van der Waals surface area (Å²) in [5, 5.41) is 0. The average molecular weight is 451 g/mol. The molecule has 1 aliphatic rings. The van der Waals surface area contributed by atoms with Crippen LogP contribution in [-0.2, 0) is 9.59 Å². The van der Waals surface area contributed by atoms with Gasteiger partial charge in [0.15, 0.2) is 11.9 Å². The Morgan fingerprint density at radius 1 is 0.818 bits per heavy atom. The summed E-state index contributed by atoms with van der Waals surface area (Å²) in [4.78, 5) is 41.2. The Balaban J connectivity index is 1.43. The van der Waals surface area contributed by atoms with E-state index in [1.165, 1.54) is 5.56 Å². The van der Waals surface area contributed by atoms with E-state index in [4.69, 9.17) is 4.74 Å². The van der Waals surface area contributed by atoms with Gasteiger partial charge < -0.3 is 14.5 Å². The van der Waals surface area contributed by atoms with E-state index in [0.717, 1.165) is 5.56 Å². The van der Waals surface area contributed by atoms with E-state index in [1.807, 2.05) is 43.3 Å². The van der Waals surface area contributed by atoms with Crippen molar-refractivity contribution in [2.24, 2.45) is 0 Å². The second-order valence-electron chi connectivity index (χ2n) is 8.98. The molecular weight excluding hydrogens is 416 g/mol. The highest BCUT2D eigenvalue weighted by atomic mass is 16.5. The second kappa shape index (κ2) is 11.1. The van der Waals surface area contributed by atoms with Gasteiger partial charge in [-0.1, -0.05) is 55.8 Å². The van der Waals surface area contributed by atoms with Gasteiger partial charge in [-0.2, -0.15) is 0 Å². The van der Waals surface area contributed by atoms with Crippen molar-refractivity contribution < 1.29 is 19.1 Å². The van der Waals surface area contributed by atoms with Crippen molar-refractivity contribution in [3.05, 3.63) is 65.2 Å². The van der Waals surface area contributed by atoms with Crippen molar-refractivity contribution in [3.8, 4) is 5.75 Å². The molecular formula is C27H34N2O4. The molecule has 1 fully saturated rings. The zero-order valence-electron chi connectivity index (χ0n) is 20.0. The maximum Gasteiger partial charge on any atom is 0.263 e. The molecule has 1 saturated heterocycles. The molecule has 1 heterocycles. The highest BCUT2D eigenvalue weighted by Gasteiger charge is 2.28. The van der Waals surface area contributed by atoms with E-state index < -0.39 is 6.10 Å². The van der Waals surface area contributed by atoms with E-state index >= 15 is 0 Å². The Hall–Kier alpha value is -3.15. The van der Waals surface area contributed by atoms with Gasteiger partial charge in [-0.25, -0.2) is 0 Å². The first kappa shape index (κ1) is 24.5. The number of hydrogen-bond donors (Lipinski definition) is 0. The van der Waals surface area contributed by atoms with Crippen LogP contribution >= 0.6 is 0 Å². The first-order valence-electron chi connectivity index (χ1n) is 11.7. The molecule has 1 atom stereocenters. The summed E-state index contributed by atoms with van der Waals surface area (Å²) in [6, 6.07) is 15.2. The van der Waals surface area contributed by atoms with E-state index in [1.54, 1.807) is 28.9 Å². The number of carbonyl (C=O) groups is 3. The van der Waals surface area contributed by atoms with Crippen molar-refractivity contribution >= 4 is 17.6 Å². The van der Waals surface area contributed by atoms with Crippen molar-refractivity contribution in [1.29, 1.82) is 0 Å². The first-order valence-corrected chi connectivity index (χ1v) is 11.7. The lowest BCUT2D eigenvalue weighted by Crippen LogP contribution is -2.53. The third-order valence-electron chi connectivity index (χ3n) is 6.09. The molecule has 33 heavy (non-hydrogen) atoms. The molecule has 0 aromatic heterocycles. The lowest BCUT2D eigenvalue weighted by atomic mass is 10.0. The Kier molecular flexibility index (Phi) is 8.26. The van der Waals surface area contributed by atoms with Crippen molar-refractivity contribution in [2.45, 2.75) is 52.6 Å². The Labute approximate surface area is 196 Å². The molecule has 6 nitrogen and oxygen atoms in total. The standard InChI is InChI=1S/C27H34N2O4/c1-19(2)22-9-11-24(12-10-22)33-21(4)27(32)29-17-15-28(16-18-29)26(31)14-13-25(30)23-7-5-20(3)6-8-23/h5-12,19,21H,13-18H2,1-4H3. The molecule has 0 radical (unpaired) electrons. The second-order valence-corrected chi connectivity index (χ2v) is 8.98. The molecule has 1 unspecified atom stereocenters. The van der Waals surface area contributed by atoms with Crippen LogP contribution in [0.5, 0.6) is 5.75 Å². The van der Waals surface area contributed by atoms with Crippen LogP contribution in [0.3, 0.4) is 0 Å². The minimum absolute atomic E-state index is 0.0236. The monoisotopic (exact) mass is 450 g/mol. The fourth-order valence-electron chi connectivity index (χ4n) is 3.88. The van der Waals surface area contributed by atoms with E-state index in [9.17, 15) is 14.4 Å². The molecule has 176 valence electrons. The zero-order valence-corrected chi connectivity index (χ0v) is 20.0. The number of ether oxygens (including phenoxy) is 1. The maximum absolute atomic E-state index is 12.8.